The van der Waals surface area contributed by atoms with Gasteiger partial charge in [-0.1, -0.05) is 168 Å². The van der Waals surface area contributed by atoms with Gasteiger partial charge in [0.15, 0.2) is 7.28 Å². The van der Waals surface area contributed by atoms with Gasteiger partial charge in [0.1, 0.15) is 0 Å². The van der Waals surface area contributed by atoms with Gasteiger partial charge in [-0.3, -0.25) is 0 Å². The number of benzene rings is 8. The fourth-order valence-electron chi connectivity index (χ4n) is 11.2. The van der Waals surface area contributed by atoms with Gasteiger partial charge in [-0.05, 0) is 109 Å². The van der Waals surface area contributed by atoms with Crippen LogP contribution in [0.4, 0.5) is 28.4 Å². The average Bonchev–Trinajstić information content (AvgIpc) is 3.66. The lowest BCUT2D eigenvalue weighted by Gasteiger charge is -2.49. The standard InChI is InChI=1S/C57H49BN2S/c1-55(2)28-29-56(3,4)43-33-48-44(32-42(43)55)57(5,6)41-22-15-23-45-53(41)60(48)49-31-36-18-10-11-19-37(36)51(52(49)58-45)40-27-26-35(34-16-8-7-9-17-34)30-47(40)59-46-24-14-21-39-38-20-12-13-25-50(38)61-54(39)46/h7-27,30-33,58-59H,28-29H2,1-6H3. The van der Waals surface area contributed by atoms with E-state index < -0.39 is 0 Å². The lowest BCUT2D eigenvalue weighted by Crippen LogP contribution is -2.46. The first-order valence-electron chi connectivity index (χ1n) is 22.0. The number of nitrogens with zero attached hydrogens (tertiary/aromatic N) is 1. The summed E-state index contributed by atoms with van der Waals surface area (Å²) in [4.78, 5) is 2.68. The second-order valence-corrected chi connectivity index (χ2v) is 20.7. The van der Waals surface area contributed by atoms with Crippen molar-refractivity contribution in [3.63, 3.8) is 0 Å². The number of para-hydroxylation sites is 1. The molecule has 1 aromatic heterocycles. The smallest absolute Gasteiger partial charge is 0.198 e. The summed E-state index contributed by atoms with van der Waals surface area (Å²) in [5.74, 6) is 0. The molecule has 3 aliphatic rings. The van der Waals surface area contributed by atoms with Gasteiger partial charge < -0.3 is 10.2 Å². The molecule has 3 heterocycles. The van der Waals surface area contributed by atoms with Crippen LogP contribution in [-0.4, -0.2) is 7.28 Å². The van der Waals surface area contributed by atoms with Crippen LogP contribution >= 0.6 is 11.3 Å². The van der Waals surface area contributed by atoms with Crippen LogP contribution in [0.25, 0.3) is 53.2 Å². The van der Waals surface area contributed by atoms with Crippen LogP contribution < -0.4 is 21.1 Å². The Morgan fingerprint density at radius 3 is 2.07 bits per heavy atom. The molecular formula is C57H49BN2S. The third kappa shape index (κ3) is 5.41. The normalized spacial score (nSPS) is 16.4. The molecule has 1 N–H and O–H groups in total. The predicted octanol–water partition coefficient (Wildman–Crippen LogP) is 14.4. The van der Waals surface area contributed by atoms with Crippen LogP contribution in [0, 0.1) is 0 Å². The summed E-state index contributed by atoms with van der Waals surface area (Å²) in [5.41, 5.74) is 19.9. The van der Waals surface area contributed by atoms with Crippen molar-refractivity contribution < 1.29 is 0 Å². The van der Waals surface area contributed by atoms with E-state index in [-0.39, 0.29) is 16.2 Å². The Bertz CT molecular complexity index is 3300. The summed E-state index contributed by atoms with van der Waals surface area (Å²) in [5, 5.41) is 9.23. The van der Waals surface area contributed by atoms with E-state index in [2.05, 4.69) is 203 Å². The maximum absolute atomic E-state index is 4.10. The zero-order valence-corrected chi connectivity index (χ0v) is 36.7. The molecule has 296 valence electrons. The highest BCUT2D eigenvalue weighted by Gasteiger charge is 2.45. The van der Waals surface area contributed by atoms with Crippen LogP contribution in [0.5, 0.6) is 0 Å². The largest absolute Gasteiger partial charge is 0.354 e. The van der Waals surface area contributed by atoms with Crippen LogP contribution in [0.3, 0.4) is 0 Å². The second kappa shape index (κ2) is 13.0. The highest BCUT2D eigenvalue weighted by atomic mass is 32.1. The molecule has 0 radical (unpaired) electrons. The molecule has 0 unspecified atom stereocenters. The summed E-state index contributed by atoms with van der Waals surface area (Å²) in [6, 6.07) is 57.3. The molecule has 0 saturated heterocycles. The molecule has 4 heteroatoms. The molecule has 8 aromatic carbocycles. The quantitative estimate of drug-likeness (QED) is 0.178. The van der Waals surface area contributed by atoms with Crippen molar-refractivity contribution >= 4 is 88.9 Å². The second-order valence-electron chi connectivity index (χ2n) is 19.6. The first kappa shape index (κ1) is 36.7. The van der Waals surface area contributed by atoms with Crippen LogP contribution in [0.15, 0.2) is 152 Å². The SMILES string of the molecule is CC1(C)CCC(C)(C)c2cc3c(cc21)N1c2cc4ccccc4c(-c4ccc(-c5ccccc5)cc4Nc4cccc5c4sc4ccccc45)c2Bc2cccc(c21)C3(C)C. The van der Waals surface area contributed by atoms with Gasteiger partial charge >= 0.3 is 0 Å². The van der Waals surface area contributed by atoms with Gasteiger partial charge in [-0.15, -0.1) is 11.3 Å². The summed E-state index contributed by atoms with van der Waals surface area (Å²) in [6.45, 7) is 14.8. The first-order valence-corrected chi connectivity index (χ1v) is 22.8. The molecule has 0 spiro atoms. The Morgan fingerprint density at radius 2 is 1.25 bits per heavy atom. The number of hydrogen-bond acceptors (Lipinski definition) is 3. The molecule has 2 aliphatic heterocycles. The molecule has 1 aliphatic carbocycles. The van der Waals surface area contributed by atoms with Crippen LogP contribution in [-0.2, 0) is 16.2 Å². The van der Waals surface area contributed by atoms with Gasteiger partial charge in [-0.2, -0.15) is 0 Å². The topological polar surface area (TPSA) is 15.3 Å². The fraction of sp³-hybridized carbons (Fsp3) is 0.193. The molecule has 12 rings (SSSR count). The maximum Gasteiger partial charge on any atom is 0.198 e. The minimum atomic E-state index is -0.154. The van der Waals surface area contributed by atoms with Gasteiger partial charge in [0.05, 0.1) is 16.1 Å². The summed E-state index contributed by atoms with van der Waals surface area (Å²) in [6.07, 6.45) is 2.39. The van der Waals surface area contributed by atoms with Crippen LogP contribution in [0.2, 0.25) is 0 Å². The molecule has 0 saturated carbocycles. The molecule has 0 amide bonds. The van der Waals surface area contributed by atoms with E-state index in [0.29, 0.717) is 0 Å². The van der Waals surface area contributed by atoms with Crippen molar-refractivity contribution in [2.45, 2.75) is 70.6 Å². The van der Waals surface area contributed by atoms with E-state index >= 15 is 0 Å². The summed E-state index contributed by atoms with van der Waals surface area (Å²) < 4.78 is 2.59. The molecule has 0 fully saturated rings. The lowest BCUT2D eigenvalue weighted by atomic mass is 9.55. The predicted molar refractivity (Wildman–Crippen MR) is 266 cm³/mol. The van der Waals surface area contributed by atoms with Crippen molar-refractivity contribution in [2.24, 2.45) is 0 Å². The van der Waals surface area contributed by atoms with E-state index in [1.165, 1.54) is 116 Å². The van der Waals surface area contributed by atoms with Crippen molar-refractivity contribution in [3.05, 3.63) is 174 Å². The number of nitrogens with one attached hydrogen (secondary N) is 1. The van der Waals surface area contributed by atoms with E-state index in [4.69, 9.17) is 0 Å². The highest BCUT2D eigenvalue weighted by Crippen LogP contribution is 2.57. The van der Waals surface area contributed by atoms with E-state index in [1.54, 1.807) is 0 Å². The van der Waals surface area contributed by atoms with E-state index in [9.17, 15) is 0 Å². The number of hydrogen-bond donors (Lipinski definition) is 1. The Balaban J connectivity index is 1.14. The molecule has 0 bridgehead atoms. The molecule has 2 nitrogen and oxygen atoms in total. The zero-order chi connectivity index (χ0) is 41.4. The third-order valence-corrected chi connectivity index (χ3v) is 15.9. The number of rotatable bonds is 4. The van der Waals surface area contributed by atoms with E-state index in [1.807, 2.05) is 11.3 Å². The van der Waals surface area contributed by atoms with Crippen molar-refractivity contribution in [1.29, 1.82) is 0 Å². The van der Waals surface area contributed by atoms with Crippen molar-refractivity contribution in [1.82, 2.24) is 0 Å². The minimum Gasteiger partial charge on any atom is -0.354 e. The average molecular weight is 805 g/mol. The summed E-state index contributed by atoms with van der Waals surface area (Å²) in [7, 11) is 0.857. The van der Waals surface area contributed by atoms with Gasteiger partial charge in [0.2, 0.25) is 0 Å². The molecule has 9 aromatic rings. The first-order chi connectivity index (χ1) is 29.5. The third-order valence-electron chi connectivity index (χ3n) is 14.7. The summed E-state index contributed by atoms with van der Waals surface area (Å²) >= 11 is 1.87. The Hall–Kier alpha value is -6.10. The van der Waals surface area contributed by atoms with Crippen LogP contribution in [0.1, 0.15) is 76.6 Å². The maximum atomic E-state index is 4.10. The number of anilines is 5. The number of fused-ring (bicyclic) bond motifs is 9. The monoisotopic (exact) mass is 804 g/mol. The Morgan fingerprint density at radius 1 is 0.541 bits per heavy atom. The fourth-order valence-corrected chi connectivity index (χ4v) is 12.4. The number of thiophene rings is 1. The molecule has 0 atom stereocenters. The van der Waals surface area contributed by atoms with Gasteiger partial charge in [0.25, 0.3) is 0 Å². The van der Waals surface area contributed by atoms with Gasteiger partial charge in [0, 0.05) is 43.5 Å². The molecule has 61 heavy (non-hydrogen) atoms. The van der Waals surface area contributed by atoms with Gasteiger partial charge in [-0.25, -0.2) is 0 Å². The Kier molecular flexibility index (Phi) is 7.80. The van der Waals surface area contributed by atoms with Crippen molar-refractivity contribution in [3.8, 4) is 22.3 Å². The van der Waals surface area contributed by atoms with E-state index in [0.717, 1.165) is 18.7 Å². The Labute approximate surface area is 364 Å². The molecular weight excluding hydrogens is 756 g/mol. The zero-order valence-electron chi connectivity index (χ0n) is 35.9. The highest BCUT2D eigenvalue weighted by molar-refractivity contribution is 7.26. The lowest BCUT2D eigenvalue weighted by molar-refractivity contribution is 0.331. The van der Waals surface area contributed by atoms with Crippen molar-refractivity contribution in [2.75, 3.05) is 10.2 Å². The minimum absolute atomic E-state index is 0.0926.